The third-order valence-electron chi connectivity index (χ3n) is 3.54. The third kappa shape index (κ3) is 3.80. The number of pyridine rings is 1. The lowest BCUT2D eigenvalue weighted by Gasteiger charge is -2.12. The molecule has 8 heteroatoms. The van der Waals surface area contributed by atoms with Crippen molar-refractivity contribution in [2.45, 2.75) is 6.92 Å². The fourth-order valence-corrected chi connectivity index (χ4v) is 2.64. The second-order valence-corrected chi connectivity index (χ2v) is 6.23. The summed E-state index contributed by atoms with van der Waals surface area (Å²) in [4.78, 5) is 28.4. The standard InChI is InChI=1S/C17H14BrN5O2/c1-11-15(17(25)23(22-11)14-5-3-2-4-6-14)10-20-21-16(24)12-7-13(18)9-19-8-12/h2-10,15H,1H3,(H,21,24)/b20-10-/t15-/m0/s1. The number of hydrogen-bond donors (Lipinski definition) is 1. The Balaban J connectivity index is 1.67. The smallest absolute Gasteiger partial charge is 0.271 e. The second-order valence-electron chi connectivity index (χ2n) is 5.32. The molecule has 25 heavy (non-hydrogen) atoms. The van der Waals surface area contributed by atoms with Crippen molar-refractivity contribution in [2.24, 2.45) is 16.1 Å². The van der Waals surface area contributed by atoms with Crippen molar-refractivity contribution >= 4 is 45.4 Å². The van der Waals surface area contributed by atoms with E-state index in [-0.39, 0.29) is 5.91 Å². The molecule has 0 unspecified atom stereocenters. The average Bonchev–Trinajstić information content (AvgIpc) is 2.90. The summed E-state index contributed by atoms with van der Waals surface area (Å²) in [5.74, 6) is -1.24. The predicted molar refractivity (Wildman–Crippen MR) is 98.4 cm³/mol. The largest absolute Gasteiger partial charge is 0.272 e. The number of halogens is 1. The summed E-state index contributed by atoms with van der Waals surface area (Å²) in [6.45, 7) is 1.75. The minimum Gasteiger partial charge on any atom is -0.271 e. The molecule has 126 valence electrons. The zero-order chi connectivity index (χ0) is 17.8. The second kappa shape index (κ2) is 7.35. The van der Waals surface area contributed by atoms with Gasteiger partial charge in [-0.25, -0.2) is 5.43 Å². The summed E-state index contributed by atoms with van der Waals surface area (Å²) in [6.07, 6.45) is 4.39. The normalized spacial score (nSPS) is 17.0. The molecule has 1 atom stereocenters. The van der Waals surface area contributed by atoms with Crippen molar-refractivity contribution in [2.75, 3.05) is 5.01 Å². The topological polar surface area (TPSA) is 87.0 Å². The molecule has 7 nitrogen and oxygen atoms in total. The van der Waals surface area contributed by atoms with Gasteiger partial charge in [-0.1, -0.05) is 18.2 Å². The Morgan fingerprint density at radius 2 is 2.08 bits per heavy atom. The van der Waals surface area contributed by atoms with Crippen molar-refractivity contribution in [3.05, 3.63) is 58.8 Å². The molecule has 1 aromatic heterocycles. The Labute approximate surface area is 152 Å². The van der Waals surface area contributed by atoms with Gasteiger partial charge in [0.1, 0.15) is 5.92 Å². The molecule has 1 aliphatic rings. The Kier molecular flexibility index (Phi) is 4.99. The van der Waals surface area contributed by atoms with Gasteiger partial charge >= 0.3 is 0 Å². The fourth-order valence-electron chi connectivity index (χ4n) is 2.28. The maximum Gasteiger partial charge on any atom is 0.272 e. The van der Waals surface area contributed by atoms with Gasteiger partial charge in [-0.2, -0.15) is 15.2 Å². The maximum atomic E-state index is 12.5. The van der Waals surface area contributed by atoms with E-state index in [1.165, 1.54) is 17.4 Å². The van der Waals surface area contributed by atoms with E-state index in [0.29, 0.717) is 21.4 Å². The average molecular weight is 400 g/mol. The lowest BCUT2D eigenvalue weighted by molar-refractivity contribution is -0.118. The van der Waals surface area contributed by atoms with Crippen LogP contribution in [0.2, 0.25) is 0 Å². The van der Waals surface area contributed by atoms with E-state index in [2.05, 4.69) is 36.5 Å². The van der Waals surface area contributed by atoms with Crippen LogP contribution in [0.3, 0.4) is 0 Å². The van der Waals surface area contributed by atoms with Gasteiger partial charge in [0, 0.05) is 23.1 Å². The first-order valence-corrected chi connectivity index (χ1v) is 8.24. The molecule has 0 fully saturated rings. The fraction of sp³-hybridized carbons (Fsp3) is 0.118. The summed E-state index contributed by atoms with van der Waals surface area (Å²) in [5.41, 5.74) is 4.05. The van der Waals surface area contributed by atoms with Crippen molar-refractivity contribution < 1.29 is 9.59 Å². The summed E-state index contributed by atoms with van der Waals surface area (Å²) >= 11 is 3.25. The van der Waals surface area contributed by atoms with Crippen LogP contribution in [-0.2, 0) is 4.79 Å². The number of rotatable bonds is 4. The molecule has 1 aliphatic heterocycles. The van der Waals surface area contributed by atoms with Crippen LogP contribution in [0.15, 0.2) is 63.5 Å². The zero-order valence-electron chi connectivity index (χ0n) is 13.3. The monoisotopic (exact) mass is 399 g/mol. The molecule has 0 saturated carbocycles. The minimum absolute atomic E-state index is 0.217. The lowest BCUT2D eigenvalue weighted by Crippen LogP contribution is -2.29. The molecule has 1 N–H and O–H groups in total. The van der Waals surface area contributed by atoms with Gasteiger partial charge in [-0.3, -0.25) is 14.6 Å². The number of anilines is 1. The van der Waals surface area contributed by atoms with Crippen LogP contribution < -0.4 is 10.4 Å². The van der Waals surface area contributed by atoms with Crippen LogP contribution >= 0.6 is 15.9 Å². The number of carbonyl (C=O) groups is 2. The van der Waals surface area contributed by atoms with E-state index in [1.807, 2.05) is 18.2 Å². The molecular weight excluding hydrogens is 386 g/mol. The van der Waals surface area contributed by atoms with Gasteiger partial charge in [0.2, 0.25) is 0 Å². The van der Waals surface area contributed by atoms with Gasteiger partial charge in [0.15, 0.2) is 0 Å². The van der Waals surface area contributed by atoms with E-state index in [0.717, 1.165) is 0 Å². The summed E-state index contributed by atoms with van der Waals surface area (Å²) in [7, 11) is 0. The van der Waals surface area contributed by atoms with Gasteiger partial charge in [-0.05, 0) is 41.1 Å². The van der Waals surface area contributed by atoms with Crippen LogP contribution in [0.25, 0.3) is 0 Å². The molecule has 3 rings (SSSR count). The third-order valence-corrected chi connectivity index (χ3v) is 3.97. The van der Waals surface area contributed by atoms with Crippen molar-refractivity contribution in [1.29, 1.82) is 0 Å². The van der Waals surface area contributed by atoms with Gasteiger partial charge in [0.05, 0.1) is 17.0 Å². The number of benzene rings is 1. The van der Waals surface area contributed by atoms with E-state index < -0.39 is 11.8 Å². The Morgan fingerprint density at radius 3 is 2.80 bits per heavy atom. The molecule has 2 amide bonds. The first kappa shape index (κ1) is 17.0. The molecule has 1 aromatic carbocycles. The van der Waals surface area contributed by atoms with Gasteiger partial charge in [0.25, 0.3) is 11.8 Å². The highest BCUT2D eigenvalue weighted by Gasteiger charge is 2.33. The summed E-state index contributed by atoms with van der Waals surface area (Å²) < 4.78 is 0.691. The SMILES string of the molecule is CC1=NN(c2ccccc2)C(=O)[C@H]1/C=N\NC(=O)c1cncc(Br)c1. The highest BCUT2D eigenvalue weighted by atomic mass is 79.9. The number of aromatic nitrogens is 1. The number of carbonyl (C=O) groups excluding carboxylic acids is 2. The van der Waals surface area contributed by atoms with Crippen LogP contribution in [0, 0.1) is 5.92 Å². The number of para-hydroxylation sites is 1. The van der Waals surface area contributed by atoms with E-state index in [4.69, 9.17) is 0 Å². The molecule has 0 spiro atoms. The Morgan fingerprint density at radius 1 is 1.32 bits per heavy atom. The van der Waals surface area contributed by atoms with E-state index >= 15 is 0 Å². The predicted octanol–water partition coefficient (Wildman–Crippen LogP) is 2.60. The number of amides is 2. The van der Waals surface area contributed by atoms with Crippen LogP contribution in [0.5, 0.6) is 0 Å². The van der Waals surface area contributed by atoms with Crippen molar-refractivity contribution in [3.8, 4) is 0 Å². The minimum atomic E-state index is -0.610. The Hall–Kier alpha value is -2.87. The van der Waals surface area contributed by atoms with Crippen LogP contribution in [0.1, 0.15) is 17.3 Å². The van der Waals surface area contributed by atoms with Gasteiger partial charge < -0.3 is 0 Å². The Bertz CT molecular complexity index is 866. The number of nitrogens with one attached hydrogen (secondary N) is 1. The molecule has 0 saturated heterocycles. The first-order chi connectivity index (χ1) is 12.1. The summed E-state index contributed by atoms with van der Waals surface area (Å²) in [5, 5.41) is 9.50. The van der Waals surface area contributed by atoms with Crippen LogP contribution in [-0.4, -0.2) is 28.7 Å². The first-order valence-electron chi connectivity index (χ1n) is 7.44. The number of hydrogen-bond acceptors (Lipinski definition) is 5. The number of nitrogens with zero attached hydrogens (tertiary/aromatic N) is 4. The highest BCUT2D eigenvalue weighted by molar-refractivity contribution is 9.10. The molecule has 0 bridgehead atoms. The lowest BCUT2D eigenvalue weighted by atomic mass is 10.1. The van der Waals surface area contributed by atoms with E-state index in [1.54, 1.807) is 31.3 Å². The highest BCUT2D eigenvalue weighted by Crippen LogP contribution is 2.22. The van der Waals surface area contributed by atoms with E-state index in [9.17, 15) is 9.59 Å². The molecule has 2 heterocycles. The van der Waals surface area contributed by atoms with Crippen molar-refractivity contribution in [3.63, 3.8) is 0 Å². The van der Waals surface area contributed by atoms with Crippen molar-refractivity contribution in [1.82, 2.24) is 10.4 Å². The van der Waals surface area contributed by atoms with Crippen LogP contribution in [0.4, 0.5) is 5.69 Å². The quantitative estimate of drug-likeness (QED) is 0.632. The molecule has 0 aliphatic carbocycles. The maximum absolute atomic E-state index is 12.5. The molecule has 2 aromatic rings. The molecular formula is C17H14BrN5O2. The zero-order valence-corrected chi connectivity index (χ0v) is 14.8. The van der Waals surface area contributed by atoms with Gasteiger partial charge in [-0.15, -0.1) is 0 Å². The molecule has 0 radical (unpaired) electrons. The number of hydrazone groups is 2. The summed E-state index contributed by atoms with van der Waals surface area (Å²) in [6, 6.07) is 10.8.